The predicted octanol–water partition coefficient (Wildman–Crippen LogP) is 3.08. The monoisotopic (exact) mass is 246 g/mol. The predicted molar refractivity (Wildman–Crippen MR) is 62.4 cm³/mol. The smallest absolute Gasteiger partial charge is 0.224 e. The van der Waals surface area contributed by atoms with Gasteiger partial charge in [0.15, 0.2) is 0 Å². The van der Waals surface area contributed by atoms with Gasteiger partial charge in [0.05, 0.1) is 16.9 Å². The van der Waals surface area contributed by atoms with E-state index < -0.39 is 0 Å². The molecule has 3 nitrogen and oxygen atoms in total. The Balaban J connectivity index is 2.41. The molecule has 0 saturated heterocycles. The van der Waals surface area contributed by atoms with Crippen LogP contribution >= 0.6 is 23.2 Å². The van der Waals surface area contributed by atoms with Crippen molar-refractivity contribution >= 4 is 34.8 Å². The molecular weight excluding hydrogens is 235 g/mol. The first-order valence-electron chi connectivity index (χ1n) is 4.69. The third-order valence-electron chi connectivity index (χ3n) is 1.83. The maximum Gasteiger partial charge on any atom is 0.224 e. The molecular formula is C10H12Cl2N2O. The van der Waals surface area contributed by atoms with E-state index in [4.69, 9.17) is 23.2 Å². The molecule has 1 rings (SSSR count). The van der Waals surface area contributed by atoms with Crippen LogP contribution in [0.2, 0.25) is 5.02 Å². The highest BCUT2D eigenvalue weighted by atomic mass is 35.5. The normalized spacial score (nSPS) is 10.0. The number of anilines is 1. The van der Waals surface area contributed by atoms with Gasteiger partial charge in [0.25, 0.3) is 0 Å². The first kappa shape index (κ1) is 12.3. The molecule has 0 aliphatic heterocycles. The Labute approximate surface area is 98.8 Å². The molecule has 0 spiro atoms. The third kappa shape index (κ3) is 4.49. The topological polar surface area (TPSA) is 42.0 Å². The average Bonchev–Trinajstić information content (AvgIpc) is 2.22. The number of carbonyl (C=O) groups is 1. The van der Waals surface area contributed by atoms with E-state index in [1.54, 1.807) is 12.3 Å². The lowest BCUT2D eigenvalue weighted by Gasteiger charge is -2.05. The fraction of sp³-hybridized carbons (Fsp3) is 0.400. The van der Waals surface area contributed by atoms with Crippen molar-refractivity contribution in [2.24, 2.45) is 0 Å². The van der Waals surface area contributed by atoms with Gasteiger partial charge in [-0.25, -0.2) is 0 Å². The van der Waals surface area contributed by atoms with Crippen LogP contribution in [0, 0.1) is 0 Å². The van der Waals surface area contributed by atoms with Gasteiger partial charge in [0, 0.05) is 18.5 Å². The minimum absolute atomic E-state index is 0.0602. The Morgan fingerprint density at radius 2 is 2.27 bits per heavy atom. The molecule has 0 atom stereocenters. The van der Waals surface area contributed by atoms with E-state index in [1.807, 2.05) is 0 Å². The Morgan fingerprint density at radius 1 is 1.47 bits per heavy atom. The van der Waals surface area contributed by atoms with E-state index in [1.165, 1.54) is 6.20 Å². The summed E-state index contributed by atoms with van der Waals surface area (Å²) in [6, 6.07) is 1.63. The fourth-order valence-corrected chi connectivity index (χ4v) is 1.40. The van der Waals surface area contributed by atoms with Crippen molar-refractivity contribution in [1.29, 1.82) is 0 Å². The number of nitrogens with zero attached hydrogens (tertiary/aromatic N) is 1. The van der Waals surface area contributed by atoms with Crippen molar-refractivity contribution in [3.05, 3.63) is 23.5 Å². The summed E-state index contributed by atoms with van der Waals surface area (Å²) < 4.78 is 0. The molecule has 5 heteroatoms. The second-order valence-electron chi connectivity index (χ2n) is 3.05. The number of hydrogen-bond donors (Lipinski definition) is 1. The first-order chi connectivity index (χ1) is 7.24. The van der Waals surface area contributed by atoms with Crippen molar-refractivity contribution in [2.45, 2.75) is 19.3 Å². The number of halogens is 2. The largest absolute Gasteiger partial charge is 0.324 e. The molecule has 0 saturated carbocycles. The zero-order valence-electron chi connectivity index (χ0n) is 8.17. The van der Waals surface area contributed by atoms with Gasteiger partial charge >= 0.3 is 0 Å². The van der Waals surface area contributed by atoms with Gasteiger partial charge in [-0.3, -0.25) is 9.78 Å². The standard InChI is InChI=1S/C10H12Cl2N2O/c11-5-2-1-3-10(15)14-9-7-13-6-4-8(9)12/h4,6-7H,1-3,5H2,(H,14,15). The van der Waals surface area contributed by atoms with Crippen LogP contribution in [0.1, 0.15) is 19.3 Å². The highest BCUT2D eigenvalue weighted by Gasteiger charge is 2.04. The van der Waals surface area contributed by atoms with Gasteiger partial charge in [-0.1, -0.05) is 11.6 Å². The fourth-order valence-electron chi connectivity index (χ4n) is 1.06. The SMILES string of the molecule is O=C(CCCCCl)Nc1cnccc1Cl. The highest BCUT2D eigenvalue weighted by Crippen LogP contribution is 2.19. The number of rotatable bonds is 5. The minimum atomic E-state index is -0.0602. The maximum atomic E-state index is 11.4. The molecule has 0 unspecified atom stereocenters. The second-order valence-corrected chi connectivity index (χ2v) is 3.83. The van der Waals surface area contributed by atoms with Gasteiger partial charge < -0.3 is 5.32 Å². The molecule has 1 aromatic heterocycles. The van der Waals surface area contributed by atoms with Crippen molar-refractivity contribution in [3.63, 3.8) is 0 Å². The molecule has 82 valence electrons. The van der Waals surface area contributed by atoms with E-state index in [-0.39, 0.29) is 5.91 Å². The maximum absolute atomic E-state index is 11.4. The van der Waals surface area contributed by atoms with Crippen LogP contribution in [0.15, 0.2) is 18.5 Å². The Morgan fingerprint density at radius 3 is 2.93 bits per heavy atom. The van der Waals surface area contributed by atoms with Crippen molar-refractivity contribution in [2.75, 3.05) is 11.2 Å². The number of pyridine rings is 1. The molecule has 1 aromatic rings. The highest BCUT2D eigenvalue weighted by molar-refractivity contribution is 6.33. The minimum Gasteiger partial charge on any atom is -0.324 e. The molecule has 0 aliphatic carbocycles. The number of aromatic nitrogens is 1. The molecule has 0 aromatic carbocycles. The van der Waals surface area contributed by atoms with Gasteiger partial charge in [-0.05, 0) is 18.9 Å². The third-order valence-corrected chi connectivity index (χ3v) is 2.43. The second kappa shape index (κ2) is 6.64. The van der Waals surface area contributed by atoms with Crippen molar-refractivity contribution in [3.8, 4) is 0 Å². The van der Waals surface area contributed by atoms with Crippen LogP contribution in [-0.2, 0) is 4.79 Å². The van der Waals surface area contributed by atoms with E-state index in [0.29, 0.717) is 23.0 Å². The van der Waals surface area contributed by atoms with Crippen LogP contribution < -0.4 is 5.32 Å². The quantitative estimate of drug-likeness (QED) is 0.641. The number of alkyl halides is 1. The van der Waals surface area contributed by atoms with Gasteiger partial charge in [0.1, 0.15) is 0 Å². The molecule has 1 N–H and O–H groups in total. The number of carbonyl (C=O) groups excluding carboxylic acids is 1. The van der Waals surface area contributed by atoms with Crippen LogP contribution in [-0.4, -0.2) is 16.8 Å². The molecule has 1 amide bonds. The lowest BCUT2D eigenvalue weighted by Crippen LogP contribution is -2.11. The van der Waals surface area contributed by atoms with Crippen molar-refractivity contribution in [1.82, 2.24) is 4.98 Å². The van der Waals surface area contributed by atoms with Gasteiger partial charge in [-0.2, -0.15) is 0 Å². The molecule has 15 heavy (non-hydrogen) atoms. The van der Waals surface area contributed by atoms with Crippen LogP contribution in [0.25, 0.3) is 0 Å². The van der Waals surface area contributed by atoms with Crippen LogP contribution in [0.5, 0.6) is 0 Å². The summed E-state index contributed by atoms with van der Waals surface area (Å²) in [5.41, 5.74) is 0.551. The van der Waals surface area contributed by atoms with Gasteiger partial charge in [-0.15, -0.1) is 11.6 Å². The molecule has 1 heterocycles. The lowest BCUT2D eigenvalue weighted by atomic mass is 10.2. The average molecular weight is 247 g/mol. The summed E-state index contributed by atoms with van der Waals surface area (Å²) in [5, 5.41) is 3.19. The summed E-state index contributed by atoms with van der Waals surface area (Å²) >= 11 is 11.4. The summed E-state index contributed by atoms with van der Waals surface area (Å²) in [6.45, 7) is 0. The van der Waals surface area contributed by atoms with Crippen molar-refractivity contribution < 1.29 is 4.79 Å². The van der Waals surface area contributed by atoms with Crippen LogP contribution in [0.3, 0.4) is 0 Å². The van der Waals surface area contributed by atoms with E-state index in [2.05, 4.69) is 10.3 Å². The number of unbranched alkanes of at least 4 members (excludes halogenated alkanes) is 1. The number of nitrogens with one attached hydrogen (secondary N) is 1. The molecule has 0 bridgehead atoms. The summed E-state index contributed by atoms with van der Waals surface area (Å²) in [5.74, 6) is 0.524. The van der Waals surface area contributed by atoms with E-state index >= 15 is 0 Å². The first-order valence-corrected chi connectivity index (χ1v) is 5.60. The molecule has 0 aliphatic rings. The molecule has 0 radical (unpaired) electrons. The zero-order valence-corrected chi connectivity index (χ0v) is 9.68. The zero-order chi connectivity index (χ0) is 11.1. The number of hydrogen-bond acceptors (Lipinski definition) is 2. The summed E-state index contributed by atoms with van der Waals surface area (Å²) in [7, 11) is 0. The lowest BCUT2D eigenvalue weighted by molar-refractivity contribution is -0.116. The Kier molecular flexibility index (Phi) is 5.43. The Hall–Kier alpha value is -0.800. The molecule has 0 fully saturated rings. The van der Waals surface area contributed by atoms with E-state index in [9.17, 15) is 4.79 Å². The number of amides is 1. The Bertz CT molecular complexity index is 331. The summed E-state index contributed by atoms with van der Waals surface area (Å²) in [6.07, 6.45) is 5.19. The van der Waals surface area contributed by atoms with E-state index in [0.717, 1.165) is 12.8 Å². The van der Waals surface area contributed by atoms with Crippen LogP contribution in [0.4, 0.5) is 5.69 Å². The van der Waals surface area contributed by atoms with Gasteiger partial charge in [0.2, 0.25) is 5.91 Å². The summed E-state index contributed by atoms with van der Waals surface area (Å²) in [4.78, 5) is 15.3.